The van der Waals surface area contributed by atoms with Crippen LogP contribution in [-0.2, 0) is 0 Å². The first-order chi connectivity index (χ1) is 9.09. The molecule has 0 spiro atoms. The lowest BCUT2D eigenvalue weighted by Gasteiger charge is -2.08. The number of rotatable bonds is 3. The number of nitrogens with zero attached hydrogens (tertiary/aromatic N) is 1. The van der Waals surface area contributed by atoms with Gasteiger partial charge in [0, 0.05) is 10.7 Å². The minimum Gasteiger partial charge on any atom is -0.478 e. The third kappa shape index (κ3) is 2.97. The fourth-order valence-electron chi connectivity index (χ4n) is 1.52. The number of hydrogen-bond donors (Lipinski definition) is 2. The van der Waals surface area contributed by atoms with Crippen LogP contribution in [0.5, 0.6) is 0 Å². The first-order valence-electron chi connectivity index (χ1n) is 5.33. The van der Waals surface area contributed by atoms with Gasteiger partial charge < -0.3 is 10.4 Å². The minimum atomic E-state index is -1.12. The van der Waals surface area contributed by atoms with Crippen molar-refractivity contribution < 1.29 is 14.7 Å². The molecule has 2 N–H and O–H groups in total. The number of aromatic nitrogens is 1. The molecule has 0 saturated carbocycles. The molecule has 2 aromatic rings. The summed E-state index contributed by atoms with van der Waals surface area (Å²) in [6.45, 7) is 0. The van der Waals surface area contributed by atoms with Crippen LogP contribution >= 0.6 is 15.9 Å². The quantitative estimate of drug-likeness (QED) is 0.911. The highest BCUT2D eigenvalue weighted by Crippen LogP contribution is 2.19. The van der Waals surface area contributed by atoms with Gasteiger partial charge in [-0.15, -0.1) is 0 Å². The number of carbonyl (C=O) groups is 2. The molecule has 2 rings (SSSR count). The number of anilines is 1. The molecule has 5 nitrogen and oxygen atoms in total. The smallest absolute Gasteiger partial charge is 0.337 e. The molecular formula is C13H9BrN2O3. The molecule has 0 aliphatic carbocycles. The van der Waals surface area contributed by atoms with Crippen molar-refractivity contribution in [1.82, 2.24) is 4.98 Å². The Kier molecular flexibility index (Phi) is 3.91. The molecule has 6 heteroatoms. The maximum Gasteiger partial charge on any atom is 0.337 e. The SMILES string of the molecule is O=C(Nc1cnccc1C(=O)O)c1ccccc1Br. The number of amides is 1. The third-order valence-corrected chi connectivity index (χ3v) is 3.11. The van der Waals surface area contributed by atoms with Gasteiger partial charge in [-0.05, 0) is 34.1 Å². The zero-order valence-electron chi connectivity index (χ0n) is 9.63. The van der Waals surface area contributed by atoms with Crippen LogP contribution in [0.15, 0.2) is 47.2 Å². The number of nitrogens with one attached hydrogen (secondary N) is 1. The standard InChI is InChI=1S/C13H9BrN2O3/c14-10-4-2-1-3-8(10)12(17)16-11-7-15-6-5-9(11)13(18)19/h1-7H,(H,16,17)(H,18,19). The number of aromatic carboxylic acids is 1. The summed E-state index contributed by atoms with van der Waals surface area (Å²) >= 11 is 3.26. The Labute approximate surface area is 117 Å². The number of pyridine rings is 1. The Bertz CT molecular complexity index is 643. The summed E-state index contributed by atoms with van der Waals surface area (Å²) in [5.41, 5.74) is 0.578. The maximum atomic E-state index is 12.0. The van der Waals surface area contributed by atoms with Gasteiger partial charge in [-0.1, -0.05) is 12.1 Å². The van der Waals surface area contributed by atoms with Gasteiger partial charge in [0.15, 0.2) is 0 Å². The van der Waals surface area contributed by atoms with Gasteiger partial charge in [0.25, 0.3) is 5.91 Å². The Morgan fingerprint density at radius 1 is 1.16 bits per heavy atom. The molecule has 1 amide bonds. The predicted octanol–water partition coefficient (Wildman–Crippen LogP) is 2.79. The van der Waals surface area contributed by atoms with Gasteiger partial charge in [0.2, 0.25) is 0 Å². The van der Waals surface area contributed by atoms with Crippen molar-refractivity contribution >= 4 is 33.5 Å². The van der Waals surface area contributed by atoms with Crippen molar-refractivity contribution in [2.45, 2.75) is 0 Å². The molecule has 0 bridgehead atoms. The molecule has 1 heterocycles. The molecule has 96 valence electrons. The summed E-state index contributed by atoms with van der Waals surface area (Å²) in [4.78, 5) is 26.9. The van der Waals surface area contributed by atoms with Crippen molar-refractivity contribution in [3.05, 3.63) is 58.3 Å². The number of hydrogen-bond acceptors (Lipinski definition) is 3. The molecular weight excluding hydrogens is 312 g/mol. The first-order valence-corrected chi connectivity index (χ1v) is 6.12. The predicted molar refractivity (Wildman–Crippen MR) is 73.3 cm³/mol. The topological polar surface area (TPSA) is 79.3 Å². The van der Waals surface area contributed by atoms with Crippen molar-refractivity contribution in [3.63, 3.8) is 0 Å². The molecule has 0 saturated heterocycles. The average molecular weight is 321 g/mol. The van der Waals surface area contributed by atoms with E-state index in [2.05, 4.69) is 26.2 Å². The summed E-state index contributed by atoms with van der Waals surface area (Å²) in [6, 6.07) is 8.21. The van der Waals surface area contributed by atoms with Crippen LogP contribution in [0.2, 0.25) is 0 Å². The van der Waals surface area contributed by atoms with Gasteiger partial charge in [0.1, 0.15) is 0 Å². The van der Waals surface area contributed by atoms with Crippen molar-refractivity contribution in [3.8, 4) is 0 Å². The highest BCUT2D eigenvalue weighted by molar-refractivity contribution is 9.10. The first kappa shape index (κ1) is 13.2. The summed E-state index contributed by atoms with van der Waals surface area (Å²) in [7, 11) is 0. The zero-order valence-corrected chi connectivity index (χ0v) is 11.2. The van der Waals surface area contributed by atoms with Crippen molar-refractivity contribution in [2.24, 2.45) is 0 Å². The van der Waals surface area contributed by atoms with E-state index in [1.165, 1.54) is 18.5 Å². The highest BCUT2D eigenvalue weighted by Gasteiger charge is 2.14. The monoisotopic (exact) mass is 320 g/mol. The second-order valence-corrected chi connectivity index (χ2v) is 4.51. The summed E-state index contributed by atoms with van der Waals surface area (Å²) in [5, 5.41) is 11.6. The fraction of sp³-hybridized carbons (Fsp3) is 0. The third-order valence-electron chi connectivity index (χ3n) is 2.42. The summed E-state index contributed by atoms with van der Waals surface area (Å²) < 4.78 is 0.633. The Balaban J connectivity index is 2.30. The largest absolute Gasteiger partial charge is 0.478 e. The Hall–Kier alpha value is -2.21. The Morgan fingerprint density at radius 3 is 2.58 bits per heavy atom. The molecule has 0 fully saturated rings. The maximum absolute atomic E-state index is 12.0. The molecule has 0 aliphatic heterocycles. The van der Waals surface area contributed by atoms with Crippen LogP contribution in [0.1, 0.15) is 20.7 Å². The van der Waals surface area contributed by atoms with E-state index >= 15 is 0 Å². The Morgan fingerprint density at radius 2 is 1.89 bits per heavy atom. The molecule has 0 aliphatic rings. The molecule has 0 atom stereocenters. The van der Waals surface area contributed by atoms with E-state index in [9.17, 15) is 9.59 Å². The molecule has 0 unspecified atom stereocenters. The van der Waals surface area contributed by atoms with Crippen LogP contribution in [0.3, 0.4) is 0 Å². The van der Waals surface area contributed by atoms with E-state index in [0.29, 0.717) is 10.0 Å². The van der Waals surface area contributed by atoms with Gasteiger partial charge >= 0.3 is 5.97 Å². The highest BCUT2D eigenvalue weighted by atomic mass is 79.9. The van der Waals surface area contributed by atoms with E-state index < -0.39 is 11.9 Å². The molecule has 19 heavy (non-hydrogen) atoms. The normalized spacial score (nSPS) is 9.95. The number of carbonyl (C=O) groups excluding carboxylic acids is 1. The molecule has 1 aromatic carbocycles. The fourth-order valence-corrected chi connectivity index (χ4v) is 1.98. The molecule has 1 aromatic heterocycles. The van der Waals surface area contributed by atoms with Crippen molar-refractivity contribution in [1.29, 1.82) is 0 Å². The van der Waals surface area contributed by atoms with Crippen molar-refractivity contribution in [2.75, 3.05) is 5.32 Å². The average Bonchev–Trinajstić information content (AvgIpc) is 2.39. The van der Waals surface area contributed by atoms with Crippen LogP contribution < -0.4 is 5.32 Å². The van der Waals surface area contributed by atoms with E-state index in [4.69, 9.17) is 5.11 Å². The summed E-state index contributed by atoms with van der Waals surface area (Å²) in [5.74, 6) is -1.52. The van der Waals surface area contributed by atoms with Crippen LogP contribution in [0.4, 0.5) is 5.69 Å². The lowest BCUT2D eigenvalue weighted by molar-refractivity contribution is 0.0698. The summed E-state index contributed by atoms with van der Waals surface area (Å²) in [6.07, 6.45) is 2.66. The van der Waals surface area contributed by atoms with Crippen LogP contribution in [-0.4, -0.2) is 22.0 Å². The van der Waals surface area contributed by atoms with Gasteiger partial charge in [-0.25, -0.2) is 4.79 Å². The van der Waals surface area contributed by atoms with E-state index in [0.717, 1.165) is 0 Å². The lowest BCUT2D eigenvalue weighted by atomic mass is 10.2. The van der Waals surface area contributed by atoms with Crippen LogP contribution in [0, 0.1) is 0 Å². The van der Waals surface area contributed by atoms with Gasteiger partial charge in [-0.2, -0.15) is 0 Å². The number of benzene rings is 1. The zero-order chi connectivity index (χ0) is 13.8. The number of carboxylic acids is 1. The lowest BCUT2D eigenvalue weighted by Crippen LogP contribution is -2.15. The van der Waals surface area contributed by atoms with E-state index in [-0.39, 0.29) is 11.3 Å². The van der Waals surface area contributed by atoms with Crippen LogP contribution in [0.25, 0.3) is 0 Å². The minimum absolute atomic E-state index is 0.00426. The second-order valence-electron chi connectivity index (χ2n) is 3.66. The van der Waals surface area contributed by atoms with E-state index in [1.54, 1.807) is 24.3 Å². The van der Waals surface area contributed by atoms with Gasteiger partial charge in [-0.3, -0.25) is 9.78 Å². The number of carboxylic acid groups (broad SMARTS) is 1. The van der Waals surface area contributed by atoms with Gasteiger partial charge in [0.05, 0.1) is 23.0 Å². The molecule has 0 radical (unpaired) electrons. The number of halogens is 1. The van der Waals surface area contributed by atoms with E-state index in [1.807, 2.05) is 0 Å². The second kappa shape index (κ2) is 5.62.